The fourth-order valence-corrected chi connectivity index (χ4v) is 4.85. The van der Waals surface area contributed by atoms with E-state index in [0.29, 0.717) is 25.8 Å². The fraction of sp³-hybridized carbons (Fsp3) is 0.526. The van der Waals surface area contributed by atoms with Gasteiger partial charge in [-0.15, -0.1) is 11.6 Å². The van der Waals surface area contributed by atoms with E-state index in [-0.39, 0.29) is 12.6 Å². The number of nitrogens with zero attached hydrogens (tertiary/aromatic N) is 2. The van der Waals surface area contributed by atoms with Crippen molar-refractivity contribution < 1.29 is 14.3 Å². The molecule has 7 heteroatoms. The number of likely N-dealkylation sites (tertiary alicyclic amines) is 1. The molecule has 1 aromatic carbocycles. The number of carbonyl (C=O) groups is 2. The Labute approximate surface area is 162 Å². The summed E-state index contributed by atoms with van der Waals surface area (Å²) in [6.45, 7) is 2.10. The quantitative estimate of drug-likeness (QED) is 0.446. The molecule has 1 saturated heterocycles. The predicted molar refractivity (Wildman–Crippen MR) is 97.5 cm³/mol. The number of rotatable bonds is 4. The van der Waals surface area contributed by atoms with E-state index < -0.39 is 27.5 Å². The monoisotopic (exact) mass is 394 g/mol. The third kappa shape index (κ3) is 2.95. The summed E-state index contributed by atoms with van der Waals surface area (Å²) in [5.41, 5.74) is 0.949. The van der Waals surface area contributed by atoms with Crippen LogP contribution >= 0.6 is 23.2 Å². The first-order valence-electron chi connectivity index (χ1n) is 8.68. The Kier molecular flexibility index (Phi) is 5.18. The Hall–Kier alpha value is -1.77. The Morgan fingerprint density at radius 2 is 2.08 bits per heavy atom. The minimum absolute atomic E-state index is 0.0945. The highest BCUT2D eigenvalue weighted by Gasteiger charge is 2.66. The van der Waals surface area contributed by atoms with Gasteiger partial charge in [0.1, 0.15) is 4.87 Å². The van der Waals surface area contributed by atoms with Crippen molar-refractivity contribution in [3.63, 3.8) is 0 Å². The zero-order valence-electron chi connectivity index (χ0n) is 14.5. The number of piperidine rings is 1. The number of nitriles is 1. The van der Waals surface area contributed by atoms with Crippen molar-refractivity contribution >= 4 is 35.1 Å². The summed E-state index contributed by atoms with van der Waals surface area (Å²) in [7, 11) is 0. The number of benzene rings is 1. The summed E-state index contributed by atoms with van der Waals surface area (Å²) < 4.78 is 5.10. The topological polar surface area (TPSA) is 70.4 Å². The summed E-state index contributed by atoms with van der Waals surface area (Å²) in [4.78, 5) is 24.3. The van der Waals surface area contributed by atoms with E-state index in [1.54, 1.807) is 11.8 Å². The van der Waals surface area contributed by atoms with Crippen molar-refractivity contribution in [2.24, 2.45) is 5.92 Å². The van der Waals surface area contributed by atoms with Crippen molar-refractivity contribution in [3.05, 3.63) is 35.9 Å². The van der Waals surface area contributed by atoms with Crippen LogP contribution < -0.4 is 0 Å². The Balaban J connectivity index is 2.00. The smallest absolute Gasteiger partial charge is 0.337 e. The maximum atomic E-state index is 13.3. The molecule has 0 spiro atoms. The third-order valence-corrected chi connectivity index (χ3v) is 6.46. The van der Waals surface area contributed by atoms with Crippen LogP contribution in [0.5, 0.6) is 0 Å². The SMILES string of the molecule is CCOC(=O)[C@]1(Cl)C(=O)N(Cc2ccccc2)[C@@H]2CC[C@](Cl)(C#N)[C@H]1C2. The highest BCUT2D eigenvalue weighted by Crippen LogP contribution is 2.53. The molecule has 0 unspecified atom stereocenters. The Bertz CT molecular complexity index is 751. The lowest BCUT2D eigenvalue weighted by atomic mass is 9.66. The number of carbonyl (C=O) groups excluding carboxylic acids is 2. The number of fused-ring (bicyclic) bond motifs is 2. The van der Waals surface area contributed by atoms with Gasteiger partial charge in [-0.3, -0.25) is 4.79 Å². The summed E-state index contributed by atoms with van der Waals surface area (Å²) in [6.07, 6.45) is 1.37. The molecular weight excluding hydrogens is 375 g/mol. The fourth-order valence-electron chi connectivity index (χ4n) is 3.99. The molecule has 4 atom stereocenters. The van der Waals surface area contributed by atoms with Gasteiger partial charge in [0.05, 0.1) is 12.7 Å². The van der Waals surface area contributed by atoms with Crippen molar-refractivity contribution in [1.29, 1.82) is 5.26 Å². The first kappa shape index (κ1) is 19.0. The lowest BCUT2D eigenvalue weighted by Gasteiger charge is -2.53. The second kappa shape index (κ2) is 7.09. The number of esters is 1. The molecular formula is C19H20Cl2N2O3. The van der Waals surface area contributed by atoms with Gasteiger partial charge in [0.2, 0.25) is 4.87 Å². The third-order valence-electron chi connectivity index (χ3n) is 5.35. The molecule has 0 radical (unpaired) electrons. The normalized spacial score (nSPS) is 33.5. The number of halogens is 2. The maximum absolute atomic E-state index is 13.3. The van der Waals surface area contributed by atoms with Crippen LogP contribution in [0.1, 0.15) is 31.7 Å². The molecule has 1 heterocycles. The molecule has 3 rings (SSSR count). The van der Waals surface area contributed by atoms with E-state index in [0.717, 1.165) is 5.56 Å². The summed E-state index contributed by atoms with van der Waals surface area (Å²) in [6, 6.07) is 11.5. The van der Waals surface area contributed by atoms with Gasteiger partial charge >= 0.3 is 5.97 Å². The Morgan fingerprint density at radius 1 is 1.38 bits per heavy atom. The molecule has 138 valence electrons. The van der Waals surface area contributed by atoms with Crippen molar-refractivity contribution in [3.8, 4) is 6.07 Å². The van der Waals surface area contributed by atoms with Crippen LogP contribution in [0.3, 0.4) is 0 Å². The van der Waals surface area contributed by atoms with Gasteiger partial charge in [0.25, 0.3) is 5.91 Å². The first-order valence-corrected chi connectivity index (χ1v) is 9.43. The minimum atomic E-state index is -1.97. The second-order valence-electron chi connectivity index (χ2n) is 6.81. The minimum Gasteiger partial charge on any atom is -0.464 e. The van der Waals surface area contributed by atoms with Gasteiger partial charge in [-0.05, 0) is 31.7 Å². The molecule has 26 heavy (non-hydrogen) atoms. The molecule has 2 aliphatic rings. The van der Waals surface area contributed by atoms with Crippen LogP contribution in [0.25, 0.3) is 0 Å². The van der Waals surface area contributed by atoms with Crippen molar-refractivity contribution in [2.75, 3.05) is 6.61 Å². The number of ether oxygens (including phenoxy) is 1. The number of alkyl halides is 2. The van der Waals surface area contributed by atoms with Crippen LogP contribution in [0, 0.1) is 17.2 Å². The lowest BCUT2D eigenvalue weighted by Crippen LogP contribution is -2.68. The van der Waals surface area contributed by atoms with E-state index in [2.05, 4.69) is 6.07 Å². The maximum Gasteiger partial charge on any atom is 0.337 e. The average molecular weight is 395 g/mol. The summed E-state index contributed by atoms with van der Waals surface area (Å²) in [5.74, 6) is -2.14. The van der Waals surface area contributed by atoms with E-state index in [1.807, 2.05) is 30.3 Å². The highest BCUT2D eigenvalue weighted by atomic mass is 35.5. The molecule has 0 aromatic heterocycles. The molecule has 1 saturated carbocycles. The standard InChI is InChI=1S/C19H20Cl2N2O3/c1-2-26-17(25)19(21)15-10-14(8-9-18(15,20)12-22)23(16(19)24)11-13-6-4-3-5-7-13/h3-7,14-15H,2,8-11H2,1H3/t14-,15-,18+,19-/m1/s1. The molecule has 2 bridgehead atoms. The molecule has 0 N–H and O–H groups in total. The molecule has 1 aliphatic heterocycles. The number of amides is 1. The van der Waals surface area contributed by atoms with Crippen molar-refractivity contribution in [1.82, 2.24) is 4.90 Å². The molecule has 1 aliphatic carbocycles. The van der Waals surface area contributed by atoms with Crippen molar-refractivity contribution in [2.45, 2.75) is 48.5 Å². The number of hydrogen-bond acceptors (Lipinski definition) is 4. The first-order chi connectivity index (χ1) is 12.4. The van der Waals surface area contributed by atoms with Gasteiger partial charge in [0, 0.05) is 18.5 Å². The van der Waals surface area contributed by atoms with Gasteiger partial charge in [-0.2, -0.15) is 5.26 Å². The largest absolute Gasteiger partial charge is 0.464 e. The van der Waals surface area contributed by atoms with Crippen LogP contribution in [-0.2, 0) is 20.9 Å². The molecule has 2 fully saturated rings. The zero-order chi connectivity index (χ0) is 18.9. The summed E-state index contributed by atoms with van der Waals surface area (Å²) >= 11 is 13.1. The van der Waals surface area contributed by atoms with Crippen LogP contribution in [0.2, 0.25) is 0 Å². The lowest BCUT2D eigenvalue weighted by molar-refractivity contribution is -0.163. The molecule has 1 amide bonds. The van der Waals surface area contributed by atoms with Crippen LogP contribution in [-0.4, -0.2) is 39.2 Å². The van der Waals surface area contributed by atoms with E-state index in [1.165, 1.54) is 0 Å². The average Bonchev–Trinajstić information content (AvgIpc) is 2.66. The van der Waals surface area contributed by atoms with Gasteiger partial charge < -0.3 is 9.64 Å². The molecule has 5 nitrogen and oxygen atoms in total. The van der Waals surface area contributed by atoms with E-state index in [9.17, 15) is 14.9 Å². The van der Waals surface area contributed by atoms with Gasteiger partial charge in [-0.25, -0.2) is 4.79 Å². The van der Waals surface area contributed by atoms with Crippen LogP contribution in [0.4, 0.5) is 0 Å². The van der Waals surface area contributed by atoms with E-state index >= 15 is 0 Å². The van der Waals surface area contributed by atoms with E-state index in [4.69, 9.17) is 27.9 Å². The van der Waals surface area contributed by atoms with Gasteiger partial charge in [-0.1, -0.05) is 41.9 Å². The second-order valence-corrected chi connectivity index (χ2v) is 8.08. The van der Waals surface area contributed by atoms with Gasteiger partial charge in [0.15, 0.2) is 0 Å². The zero-order valence-corrected chi connectivity index (χ0v) is 16.0. The highest BCUT2D eigenvalue weighted by molar-refractivity contribution is 6.46. The van der Waals surface area contributed by atoms with Crippen LogP contribution in [0.15, 0.2) is 30.3 Å². The summed E-state index contributed by atoms with van der Waals surface area (Å²) in [5, 5.41) is 9.58. The number of hydrogen-bond donors (Lipinski definition) is 0. The Morgan fingerprint density at radius 3 is 2.69 bits per heavy atom. The molecule has 1 aromatic rings. The predicted octanol–water partition coefficient (Wildman–Crippen LogP) is 3.24.